The molecule has 6 heteroatoms. The van der Waals surface area contributed by atoms with E-state index in [4.69, 9.17) is 5.73 Å². The van der Waals surface area contributed by atoms with E-state index in [9.17, 15) is 4.79 Å². The summed E-state index contributed by atoms with van der Waals surface area (Å²) < 4.78 is 1.69. The molecular weight excluding hydrogens is 266 g/mol. The highest BCUT2D eigenvalue weighted by Gasteiger charge is 2.13. The van der Waals surface area contributed by atoms with E-state index in [1.165, 1.54) is 0 Å². The van der Waals surface area contributed by atoms with Crippen molar-refractivity contribution in [3.05, 3.63) is 35.3 Å². The van der Waals surface area contributed by atoms with Gasteiger partial charge in [-0.25, -0.2) is 4.98 Å². The number of carbonyl (C=O) groups excluding carboxylic acids is 1. The number of nitrogens with one attached hydrogen (secondary N) is 1. The van der Waals surface area contributed by atoms with E-state index < -0.39 is 0 Å². The molecule has 0 saturated carbocycles. The van der Waals surface area contributed by atoms with Crippen molar-refractivity contribution in [1.82, 2.24) is 14.8 Å². The van der Waals surface area contributed by atoms with Crippen molar-refractivity contribution in [2.75, 3.05) is 11.1 Å². The second-order valence-corrected chi connectivity index (χ2v) is 4.99. The molecule has 0 radical (unpaired) electrons. The maximum absolute atomic E-state index is 12.4. The molecule has 112 valence electrons. The number of aromatic nitrogens is 3. The predicted molar refractivity (Wildman–Crippen MR) is 83.2 cm³/mol. The Kier molecular flexibility index (Phi) is 4.57. The van der Waals surface area contributed by atoms with E-state index in [1.807, 2.05) is 14.0 Å². The zero-order chi connectivity index (χ0) is 15.4. The standard InChI is InChI=1S/C15H21N5O/c1-4-6-11-7-10(8-14(16)17-11)15(21)18-13-9-20(3)19-12(13)5-2/h7-9H,4-6H2,1-3H3,(H2,16,17)(H,18,21). The highest BCUT2D eigenvalue weighted by Crippen LogP contribution is 2.16. The van der Waals surface area contributed by atoms with Gasteiger partial charge in [-0.05, 0) is 25.0 Å². The number of hydrogen-bond acceptors (Lipinski definition) is 4. The van der Waals surface area contributed by atoms with Crippen LogP contribution in [0.15, 0.2) is 18.3 Å². The van der Waals surface area contributed by atoms with Crippen LogP contribution in [-0.4, -0.2) is 20.7 Å². The Morgan fingerprint density at radius 2 is 2.14 bits per heavy atom. The average molecular weight is 287 g/mol. The molecule has 0 aliphatic carbocycles. The first-order valence-electron chi connectivity index (χ1n) is 7.13. The molecular formula is C15H21N5O. The molecule has 3 N–H and O–H groups in total. The van der Waals surface area contributed by atoms with Gasteiger partial charge in [0.2, 0.25) is 0 Å². The fourth-order valence-corrected chi connectivity index (χ4v) is 2.22. The molecule has 6 nitrogen and oxygen atoms in total. The van der Waals surface area contributed by atoms with Crippen LogP contribution >= 0.6 is 0 Å². The average Bonchev–Trinajstić information content (AvgIpc) is 2.78. The first-order valence-corrected chi connectivity index (χ1v) is 7.13. The van der Waals surface area contributed by atoms with Crippen LogP contribution in [0.5, 0.6) is 0 Å². The zero-order valence-corrected chi connectivity index (χ0v) is 12.7. The lowest BCUT2D eigenvalue weighted by Crippen LogP contribution is -2.14. The van der Waals surface area contributed by atoms with Crippen molar-refractivity contribution < 1.29 is 4.79 Å². The van der Waals surface area contributed by atoms with E-state index in [0.29, 0.717) is 11.4 Å². The number of anilines is 2. The van der Waals surface area contributed by atoms with Gasteiger partial charge in [0.25, 0.3) is 5.91 Å². The largest absolute Gasteiger partial charge is 0.384 e. The number of nitrogens with zero attached hydrogens (tertiary/aromatic N) is 3. The quantitative estimate of drug-likeness (QED) is 0.882. The van der Waals surface area contributed by atoms with Gasteiger partial charge in [0.05, 0.1) is 11.4 Å². The molecule has 2 aromatic heterocycles. The number of pyridine rings is 1. The Morgan fingerprint density at radius 3 is 2.81 bits per heavy atom. The number of nitrogen functional groups attached to an aromatic ring is 1. The summed E-state index contributed by atoms with van der Waals surface area (Å²) in [6.45, 7) is 4.07. The molecule has 2 aromatic rings. The summed E-state index contributed by atoms with van der Waals surface area (Å²) in [7, 11) is 1.83. The Bertz CT molecular complexity index is 648. The van der Waals surface area contributed by atoms with E-state index in [0.717, 1.165) is 36.3 Å². The molecule has 2 rings (SSSR count). The molecule has 21 heavy (non-hydrogen) atoms. The van der Waals surface area contributed by atoms with Crippen LogP contribution in [0.4, 0.5) is 11.5 Å². The number of aryl methyl sites for hydroxylation is 3. The van der Waals surface area contributed by atoms with Gasteiger partial charge in [-0.1, -0.05) is 20.3 Å². The molecule has 0 bridgehead atoms. The van der Waals surface area contributed by atoms with Crippen molar-refractivity contribution in [2.45, 2.75) is 33.1 Å². The number of nitrogens with two attached hydrogens (primary N) is 1. The van der Waals surface area contributed by atoms with Gasteiger partial charge in [-0.15, -0.1) is 0 Å². The SMILES string of the molecule is CCCc1cc(C(=O)Nc2cn(C)nc2CC)cc(N)n1. The Hall–Kier alpha value is -2.37. The number of amides is 1. The van der Waals surface area contributed by atoms with Gasteiger partial charge >= 0.3 is 0 Å². The van der Waals surface area contributed by atoms with Crippen LogP contribution in [0.1, 0.15) is 42.0 Å². The summed E-state index contributed by atoms with van der Waals surface area (Å²) in [5, 5.41) is 7.19. The van der Waals surface area contributed by atoms with Gasteiger partial charge in [-0.2, -0.15) is 5.10 Å². The molecule has 2 heterocycles. The van der Waals surface area contributed by atoms with Gasteiger partial charge in [0.1, 0.15) is 5.82 Å². The fraction of sp³-hybridized carbons (Fsp3) is 0.400. The summed E-state index contributed by atoms with van der Waals surface area (Å²) >= 11 is 0. The molecule has 0 unspecified atom stereocenters. The smallest absolute Gasteiger partial charge is 0.255 e. The van der Waals surface area contributed by atoms with E-state index in [1.54, 1.807) is 23.0 Å². The van der Waals surface area contributed by atoms with Crippen LogP contribution in [-0.2, 0) is 19.9 Å². The molecule has 0 spiro atoms. The molecule has 1 amide bonds. The molecule has 0 aliphatic rings. The van der Waals surface area contributed by atoms with Crippen LogP contribution in [0.3, 0.4) is 0 Å². The predicted octanol–water partition coefficient (Wildman–Crippen LogP) is 2.16. The third-order valence-electron chi connectivity index (χ3n) is 3.15. The first-order chi connectivity index (χ1) is 10.0. The van der Waals surface area contributed by atoms with Crippen molar-refractivity contribution in [2.24, 2.45) is 7.05 Å². The minimum absolute atomic E-state index is 0.191. The normalized spacial score (nSPS) is 10.6. The summed E-state index contributed by atoms with van der Waals surface area (Å²) in [6, 6.07) is 3.38. The topological polar surface area (TPSA) is 85.8 Å². The van der Waals surface area contributed by atoms with E-state index in [-0.39, 0.29) is 5.91 Å². The Labute approximate surface area is 124 Å². The second kappa shape index (κ2) is 6.39. The van der Waals surface area contributed by atoms with Gasteiger partial charge < -0.3 is 11.1 Å². The number of hydrogen-bond donors (Lipinski definition) is 2. The van der Waals surface area contributed by atoms with E-state index in [2.05, 4.69) is 22.3 Å². The Balaban J connectivity index is 2.23. The number of rotatable bonds is 5. The van der Waals surface area contributed by atoms with Crippen LogP contribution in [0.25, 0.3) is 0 Å². The third kappa shape index (κ3) is 3.59. The monoisotopic (exact) mass is 287 g/mol. The maximum Gasteiger partial charge on any atom is 0.255 e. The highest BCUT2D eigenvalue weighted by molar-refractivity contribution is 6.04. The highest BCUT2D eigenvalue weighted by atomic mass is 16.1. The summed E-state index contributed by atoms with van der Waals surface area (Å²) in [4.78, 5) is 16.6. The van der Waals surface area contributed by atoms with Gasteiger partial charge in [0.15, 0.2) is 0 Å². The zero-order valence-electron chi connectivity index (χ0n) is 12.7. The fourth-order valence-electron chi connectivity index (χ4n) is 2.22. The maximum atomic E-state index is 12.4. The molecule has 0 fully saturated rings. The first kappa shape index (κ1) is 15.0. The van der Waals surface area contributed by atoms with Crippen LogP contribution in [0, 0.1) is 0 Å². The molecule has 0 aliphatic heterocycles. The van der Waals surface area contributed by atoms with Crippen LogP contribution in [0.2, 0.25) is 0 Å². The summed E-state index contributed by atoms with van der Waals surface area (Å²) in [6.07, 6.45) is 4.32. The third-order valence-corrected chi connectivity index (χ3v) is 3.15. The van der Waals surface area contributed by atoms with Crippen molar-refractivity contribution in [3.8, 4) is 0 Å². The molecule has 0 aromatic carbocycles. The van der Waals surface area contributed by atoms with Gasteiger partial charge in [-0.3, -0.25) is 9.48 Å². The Morgan fingerprint density at radius 1 is 1.38 bits per heavy atom. The summed E-state index contributed by atoms with van der Waals surface area (Å²) in [5.41, 5.74) is 8.73. The lowest BCUT2D eigenvalue weighted by atomic mass is 10.1. The minimum Gasteiger partial charge on any atom is -0.384 e. The van der Waals surface area contributed by atoms with Gasteiger partial charge in [0, 0.05) is 24.5 Å². The number of carbonyl (C=O) groups is 1. The lowest BCUT2D eigenvalue weighted by Gasteiger charge is -2.07. The molecule has 0 atom stereocenters. The van der Waals surface area contributed by atoms with E-state index >= 15 is 0 Å². The summed E-state index contributed by atoms with van der Waals surface area (Å²) in [5.74, 6) is 0.178. The van der Waals surface area contributed by atoms with Crippen molar-refractivity contribution >= 4 is 17.4 Å². The lowest BCUT2D eigenvalue weighted by molar-refractivity contribution is 0.102. The minimum atomic E-state index is -0.191. The van der Waals surface area contributed by atoms with Crippen molar-refractivity contribution in [1.29, 1.82) is 0 Å². The second-order valence-electron chi connectivity index (χ2n) is 4.99. The van der Waals surface area contributed by atoms with Crippen molar-refractivity contribution in [3.63, 3.8) is 0 Å². The van der Waals surface area contributed by atoms with Crippen LogP contribution < -0.4 is 11.1 Å². The molecule has 0 saturated heterocycles.